The fourth-order valence-corrected chi connectivity index (χ4v) is 5.75. The number of hydrogen-bond acceptors (Lipinski definition) is 9. The van der Waals surface area contributed by atoms with Crippen molar-refractivity contribution in [2.45, 2.75) is 19.4 Å². The predicted molar refractivity (Wildman–Crippen MR) is 167 cm³/mol. The minimum Gasteiger partial charge on any atom is -0.494 e. The second-order valence-corrected chi connectivity index (χ2v) is 12.8. The number of aryl methyl sites for hydroxylation is 2. The molecule has 2 aromatic heterocycles. The Balaban J connectivity index is 1.59. The molecule has 0 saturated carbocycles. The van der Waals surface area contributed by atoms with Gasteiger partial charge in [0.25, 0.3) is 0 Å². The highest BCUT2D eigenvalue weighted by molar-refractivity contribution is 7.92. The highest BCUT2D eigenvalue weighted by Gasteiger charge is 2.24. The van der Waals surface area contributed by atoms with Gasteiger partial charge in [-0.1, -0.05) is 18.2 Å². The molecule has 12 heteroatoms. The highest BCUT2D eigenvalue weighted by atomic mass is 32.2. The van der Waals surface area contributed by atoms with E-state index in [-0.39, 0.29) is 0 Å². The van der Waals surface area contributed by atoms with Crippen LogP contribution in [-0.4, -0.2) is 82.5 Å². The molecule has 1 aliphatic heterocycles. The Morgan fingerprint density at radius 3 is 2.61 bits per heavy atom. The number of nitrogen functional groups attached to an aromatic ring is 1. The van der Waals surface area contributed by atoms with E-state index in [4.69, 9.17) is 15.5 Å². The molecule has 0 unspecified atom stereocenters. The highest BCUT2D eigenvalue weighted by Crippen LogP contribution is 2.40. The molecular formula is C29H38N8O3S. The molecule has 4 aromatic rings. The van der Waals surface area contributed by atoms with E-state index < -0.39 is 10.0 Å². The van der Waals surface area contributed by atoms with Crippen molar-refractivity contribution in [1.82, 2.24) is 19.4 Å². The van der Waals surface area contributed by atoms with Crippen molar-refractivity contribution in [2.24, 2.45) is 0 Å². The number of methoxy groups -OCH3 is 1. The van der Waals surface area contributed by atoms with Gasteiger partial charge in [0.15, 0.2) is 0 Å². The summed E-state index contributed by atoms with van der Waals surface area (Å²) in [6.07, 6.45) is 6.83. The molecule has 0 bridgehead atoms. The maximum Gasteiger partial charge on any atom is 0.232 e. The van der Waals surface area contributed by atoms with Crippen molar-refractivity contribution in [3.63, 3.8) is 0 Å². The molecule has 0 radical (unpaired) electrons. The van der Waals surface area contributed by atoms with Crippen LogP contribution in [0.1, 0.15) is 12.0 Å². The molecule has 218 valence electrons. The lowest BCUT2D eigenvalue weighted by molar-refractivity contribution is 0.413. The van der Waals surface area contributed by atoms with Crippen molar-refractivity contribution in [1.29, 1.82) is 0 Å². The van der Waals surface area contributed by atoms with Crippen molar-refractivity contribution in [3.05, 3.63) is 48.3 Å². The number of rotatable bonds is 10. The first-order chi connectivity index (χ1) is 19.5. The first-order valence-corrected chi connectivity index (χ1v) is 15.3. The van der Waals surface area contributed by atoms with Crippen LogP contribution in [0.25, 0.3) is 22.2 Å². The lowest BCUT2D eigenvalue weighted by atomic mass is 10.0. The van der Waals surface area contributed by atoms with E-state index in [1.165, 1.54) is 34.9 Å². The van der Waals surface area contributed by atoms with Gasteiger partial charge in [0.2, 0.25) is 16.0 Å². The van der Waals surface area contributed by atoms with Gasteiger partial charge < -0.3 is 30.2 Å². The van der Waals surface area contributed by atoms with Gasteiger partial charge in [0.05, 0.1) is 47.8 Å². The van der Waals surface area contributed by atoms with E-state index in [0.717, 1.165) is 49.1 Å². The molecule has 0 aliphatic carbocycles. The third kappa shape index (κ3) is 5.62. The number of aromatic nitrogens is 3. The summed E-state index contributed by atoms with van der Waals surface area (Å²) in [6.45, 7) is 2.57. The summed E-state index contributed by atoms with van der Waals surface area (Å²) in [5.41, 5.74) is 12.7. The number of anilines is 5. The van der Waals surface area contributed by atoms with Crippen molar-refractivity contribution in [2.75, 3.05) is 74.9 Å². The van der Waals surface area contributed by atoms with Gasteiger partial charge in [-0.2, -0.15) is 0 Å². The summed E-state index contributed by atoms with van der Waals surface area (Å²) in [5, 5.41) is 4.29. The molecule has 1 aliphatic rings. The molecule has 0 spiro atoms. The van der Waals surface area contributed by atoms with Crippen LogP contribution < -0.4 is 25.0 Å². The van der Waals surface area contributed by atoms with Gasteiger partial charge in [0.1, 0.15) is 11.4 Å². The minimum atomic E-state index is -3.56. The Labute approximate surface area is 241 Å². The molecule has 2 aromatic carbocycles. The third-order valence-corrected chi connectivity index (χ3v) is 8.77. The molecular weight excluding hydrogens is 540 g/mol. The molecule has 11 nitrogen and oxygen atoms in total. The van der Waals surface area contributed by atoms with Gasteiger partial charge in [0, 0.05) is 56.9 Å². The van der Waals surface area contributed by atoms with E-state index in [0.29, 0.717) is 34.5 Å². The summed E-state index contributed by atoms with van der Waals surface area (Å²) in [4.78, 5) is 13.6. The van der Waals surface area contributed by atoms with Gasteiger partial charge in [-0.05, 0) is 38.6 Å². The number of benzene rings is 2. The standard InChI is InChI=1S/C29H38N8O3S/c1-34(2)13-14-35(3)24-16-26(40-5)23(15-22(24)30)32-29-31-17-25(36(4)41(6,38)39)27(33-29)21-18-37-12-8-10-19-9-7-11-20(21)28(19)37/h7,9,11,15-18H,8,10,12-14,30H2,1-6H3,(H,31,32,33). The average molecular weight is 579 g/mol. The number of para-hydroxylation sites is 1. The van der Waals surface area contributed by atoms with Crippen LogP contribution in [0.2, 0.25) is 0 Å². The Kier molecular flexibility index (Phi) is 7.71. The number of ether oxygens (including phenoxy) is 1. The van der Waals surface area contributed by atoms with E-state index in [1.54, 1.807) is 13.2 Å². The van der Waals surface area contributed by atoms with Gasteiger partial charge in [-0.15, -0.1) is 0 Å². The number of hydrogen-bond donors (Lipinski definition) is 2. The zero-order chi connectivity index (χ0) is 29.5. The number of sulfonamides is 1. The van der Waals surface area contributed by atoms with E-state index in [1.807, 2.05) is 33.3 Å². The molecule has 0 fully saturated rings. The monoisotopic (exact) mass is 578 g/mol. The van der Waals surface area contributed by atoms with Gasteiger partial charge in [-0.3, -0.25) is 4.31 Å². The van der Waals surface area contributed by atoms with Crippen LogP contribution >= 0.6 is 0 Å². The summed E-state index contributed by atoms with van der Waals surface area (Å²) in [5.74, 6) is 0.879. The lowest BCUT2D eigenvalue weighted by Gasteiger charge is -2.24. The smallest absolute Gasteiger partial charge is 0.232 e. The number of likely N-dealkylation sites (N-methyl/N-ethyl adjacent to an activating group) is 2. The summed E-state index contributed by atoms with van der Waals surface area (Å²) >= 11 is 0. The fourth-order valence-electron chi connectivity index (χ4n) is 5.26. The molecule has 3 heterocycles. The number of nitrogens with one attached hydrogen (secondary N) is 1. The normalized spacial score (nSPS) is 13.0. The molecule has 0 saturated heterocycles. The van der Waals surface area contributed by atoms with Gasteiger partial charge in [-0.25, -0.2) is 18.4 Å². The number of nitrogens with zero attached hydrogens (tertiary/aromatic N) is 6. The Morgan fingerprint density at radius 2 is 1.90 bits per heavy atom. The molecule has 5 rings (SSSR count). The molecule has 41 heavy (non-hydrogen) atoms. The SMILES string of the molecule is COc1cc(N(C)CCN(C)C)c(N)cc1Nc1ncc(N(C)S(C)(=O)=O)c(-c2cn3c4c(cccc24)CCC3)n1. The van der Waals surface area contributed by atoms with Crippen LogP contribution in [0.15, 0.2) is 42.7 Å². The Bertz CT molecular complexity index is 1700. The van der Waals surface area contributed by atoms with Crippen molar-refractivity contribution < 1.29 is 13.2 Å². The van der Waals surface area contributed by atoms with Crippen LogP contribution in [0.4, 0.5) is 28.7 Å². The van der Waals surface area contributed by atoms with E-state index in [2.05, 4.69) is 43.0 Å². The molecule has 0 amide bonds. The fraction of sp³-hybridized carbons (Fsp3) is 0.379. The van der Waals surface area contributed by atoms with E-state index >= 15 is 0 Å². The Morgan fingerprint density at radius 1 is 1.12 bits per heavy atom. The second-order valence-electron chi connectivity index (χ2n) is 10.8. The van der Waals surface area contributed by atoms with Crippen molar-refractivity contribution in [3.8, 4) is 17.0 Å². The lowest BCUT2D eigenvalue weighted by Crippen LogP contribution is -2.29. The van der Waals surface area contributed by atoms with Crippen LogP contribution in [0.3, 0.4) is 0 Å². The van der Waals surface area contributed by atoms with E-state index in [9.17, 15) is 8.42 Å². The predicted octanol–water partition coefficient (Wildman–Crippen LogP) is 3.77. The van der Waals surface area contributed by atoms with Gasteiger partial charge >= 0.3 is 0 Å². The molecule has 3 N–H and O–H groups in total. The molecule has 0 atom stereocenters. The topological polar surface area (TPSA) is 122 Å². The first kappa shape index (κ1) is 28.5. The van der Waals surface area contributed by atoms with Crippen LogP contribution in [0.5, 0.6) is 5.75 Å². The van der Waals surface area contributed by atoms with Crippen LogP contribution in [-0.2, 0) is 23.0 Å². The maximum atomic E-state index is 12.6. The van der Waals surface area contributed by atoms with Crippen molar-refractivity contribution >= 4 is 49.6 Å². The maximum absolute atomic E-state index is 12.6. The summed E-state index contributed by atoms with van der Waals surface area (Å²) < 4.78 is 34.3. The summed E-state index contributed by atoms with van der Waals surface area (Å²) in [6, 6.07) is 9.95. The van der Waals surface area contributed by atoms with Crippen LogP contribution in [0, 0.1) is 0 Å². The minimum absolute atomic E-state index is 0.295. The Hall–Kier alpha value is -4.03. The largest absolute Gasteiger partial charge is 0.494 e. The number of nitrogens with two attached hydrogens (primary N) is 1. The quantitative estimate of drug-likeness (QED) is 0.271. The first-order valence-electron chi connectivity index (χ1n) is 13.5. The zero-order valence-electron chi connectivity index (χ0n) is 24.5. The average Bonchev–Trinajstić information content (AvgIpc) is 3.31. The zero-order valence-corrected chi connectivity index (χ0v) is 25.3. The summed E-state index contributed by atoms with van der Waals surface area (Å²) in [7, 11) is 5.61. The third-order valence-electron chi connectivity index (χ3n) is 7.58. The second kappa shape index (κ2) is 11.1.